The van der Waals surface area contributed by atoms with Crippen molar-refractivity contribution < 1.29 is 33.4 Å². The van der Waals surface area contributed by atoms with Gasteiger partial charge in [-0.1, -0.05) is 42.0 Å². The van der Waals surface area contributed by atoms with Crippen LogP contribution in [0.1, 0.15) is 30.5 Å². The first-order valence-corrected chi connectivity index (χ1v) is 14.6. The van der Waals surface area contributed by atoms with Gasteiger partial charge in [-0.05, 0) is 50.5 Å². The Hall–Kier alpha value is -3.80. The van der Waals surface area contributed by atoms with Gasteiger partial charge in [0.25, 0.3) is 0 Å². The Morgan fingerprint density at radius 2 is 1.44 bits per heavy atom. The SMILES string of the molecule is COc1ccc(CC(NC(=O)C(C)NC(=O)CN2CCOCC2)C(=O)NC(Cc2ccc(C)cc2)C(=O)C2(C)CO2)cc1. The standard InChI is InChI=1S/C32H42N4O7/c1-21-5-7-23(8-6-21)17-26(29(38)32(3)20-43-32)34-31(40)27(18-24-9-11-25(41-4)12-10-24)35-30(39)22(2)33-28(37)19-36-13-15-42-16-14-36/h5-12,22,26-27H,13-20H2,1-4H3,(H,33,37)(H,34,40)(H,35,39). The Morgan fingerprint density at radius 3 is 2.02 bits per heavy atom. The summed E-state index contributed by atoms with van der Waals surface area (Å²) in [6.45, 7) is 8.11. The molecule has 0 saturated carbocycles. The number of morpholine rings is 1. The summed E-state index contributed by atoms with van der Waals surface area (Å²) >= 11 is 0. The number of nitrogens with zero attached hydrogens (tertiary/aromatic N) is 1. The number of carbonyl (C=O) groups is 4. The molecule has 0 radical (unpaired) electrons. The number of ketones is 1. The highest BCUT2D eigenvalue weighted by Crippen LogP contribution is 2.29. The van der Waals surface area contributed by atoms with Crippen molar-refractivity contribution in [2.45, 2.75) is 57.3 Å². The molecular weight excluding hydrogens is 552 g/mol. The molecule has 0 bridgehead atoms. The Labute approximate surface area is 252 Å². The van der Waals surface area contributed by atoms with E-state index < -0.39 is 35.5 Å². The number of amides is 3. The van der Waals surface area contributed by atoms with Crippen LogP contribution in [0.25, 0.3) is 0 Å². The minimum absolute atomic E-state index is 0.153. The molecule has 2 heterocycles. The van der Waals surface area contributed by atoms with Gasteiger partial charge in [-0.2, -0.15) is 0 Å². The van der Waals surface area contributed by atoms with Crippen LogP contribution in [-0.2, 0) is 41.5 Å². The number of rotatable bonds is 14. The van der Waals surface area contributed by atoms with E-state index in [-0.39, 0.29) is 31.1 Å². The van der Waals surface area contributed by atoms with Gasteiger partial charge in [-0.15, -0.1) is 0 Å². The quantitative estimate of drug-likeness (QED) is 0.275. The number of benzene rings is 2. The Bertz CT molecular complexity index is 1270. The molecule has 43 heavy (non-hydrogen) atoms. The van der Waals surface area contributed by atoms with E-state index in [0.29, 0.717) is 38.7 Å². The molecule has 4 unspecified atom stereocenters. The lowest BCUT2D eigenvalue weighted by Gasteiger charge is -2.27. The second-order valence-corrected chi connectivity index (χ2v) is 11.4. The zero-order valence-electron chi connectivity index (χ0n) is 25.3. The van der Waals surface area contributed by atoms with E-state index >= 15 is 0 Å². The normalized spacial score (nSPS) is 20.3. The number of ether oxygens (including phenoxy) is 3. The molecular formula is C32H42N4O7. The second-order valence-electron chi connectivity index (χ2n) is 11.4. The van der Waals surface area contributed by atoms with Crippen LogP contribution in [0.15, 0.2) is 48.5 Å². The van der Waals surface area contributed by atoms with Gasteiger partial charge in [-0.3, -0.25) is 24.1 Å². The topological polar surface area (TPSA) is 139 Å². The van der Waals surface area contributed by atoms with Gasteiger partial charge in [0.05, 0.1) is 39.5 Å². The fourth-order valence-electron chi connectivity index (χ4n) is 4.88. The lowest BCUT2D eigenvalue weighted by Crippen LogP contribution is -2.57. The molecule has 2 aliphatic rings. The number of hydrogen-bond donors (Lipinski definition) is 3. The van der Waals surface area contributed by atoms with Crippen molar-refractivity contribution in [1.82, 2.24) is 20.9 Å². The molecule has 2 aliphatic heterocycles. The molecule has 2 saturated heterocycles. The van der Waals surface area contributed by atoms with Crippen LogP contribution in [-0.4, -0.2) is 98.7 Å². The summed E-state index contributed by atoms with van der Waals surface area (Å²) in [7, 11) is 1.56. The predicted molar refractivity (Wildman–Crippen MR) is 160 cm³/mol. The van der Waals surface area contributed by atoms with Crippen molar-refractivity contribution >= 4 is 23.5 Å². The predicted octanol–water partition coefficient (Wildman–Crippen LogP) is 0.953. The summed E-state index contributed by atoms with van der Waals surface area (Å²) in [4.78, 5) is 55.0. The van der Waals surface area contributed by atoms with Crippen LogP contribution in [0.5, 0.6) is 5.75 Å². The Balaban J connectivity index is 1.47. The molecule has 2 aromatic rings. The average Bonchev–Trinajstić information content (AvgIpc) is 3.76. The monoisotopic (exact) mass is 594 g/mol. The number of hydrogen-bond acceptors (Lipinski definition) is 8. The highest BCUT2D eigenvalue weighted by atomic mass is 16.6. The summed E-state index contributed by atoms with van der Waals surface area (Å²) in [5, 5.41) is 8.42. The third-order valence-electron chi connectivity index (χ3n) is 7.77. The minimum atomic E-state index is -1.01. The fraction of sp³-hybridized carbons (Fsp3) is 0.500. The highest BCUT2D eigenvalue weighted by molar-refractivity contribution is 5.98. The number of epoxide rings is 1. The van der Waals surface area contributed by atoms with Gasteiger partial charge < -0.3 is 30.2 Å². The van der Waals surface area contributed by atoms with E-state index in [1.54, 1.807) is 33.1 Å². The molecule has 4 atom stereocenters. The molecule has 3 amide bonds. The summed E-state index contributed by atoms with van der Waals surface area (Å²) in [5.41, 5.74) is 1.81. The molecule has 232 valence electrons. The minimum Gasteiger partial charge on any atom is -0.497 e. The lowest BCUT2D eigenvalue weighted by atomic mass is 9.94. The van der Waals surface area contributed by atoms with Crippen molar-refractivity contribution in [2.24, 2.45) is 0 Å². The van der Waals surface area contributed by atoms with Crippen LogP contribution >= 0.6 is 0 Å². The van der Waals surface area contributed by atoms with Gasteiger partial charge in [-0.25, -0.2) is 0 Å². The van der Waals surface area contributed by atoms with E-state index in [0.717, 1.165) is 16.7 Å². The van der Waals surface area contributed by atoms with Gasteiger partial charge in [0, 0.05) is 19.5 Å². The number of aryl methyl sites for hydroxylation is 1. The summed E-state index contributed by atoms with van der Waals surface area (Å²) in [5.74, 6) is -0.873. The largest absolute Gasteiger partial charge is 0.497 e. The maximum absolute atomic E-state index is 13.8. The van der Waals surface area contributed by atoms with Crippen LogP contribution < -0.4 is 20.7 Å². The van der Waals surface area contributed by atoms with E-state index in [2.05, 4.69) is 16.0 Å². The Kier molecular flexibility index (Phi) is 10.9. The number of nitrogens with one attached hydrogen (secondary N) is 3. The third kappa shape index (κ3) is 9.34. The van der Waals surface area contributed by atoms with Crippen LogP contribution in [0.4, 0.5) is 0 Å². The van der Waals surface area contributed by atoms with Crippen LogP contribution in [0.2, 0.25) is 0 Å². The Morgan fingerprint density at radius 1 is 0.884 bits per heavy atom. The van der Waals surface area contributed by atoms with Gasteiger partial charge in [0.2, 0.25) is 17.7 Å². The molecule has 2 aromatic carbocycles. The molecule has 11 nitrogen and oxygen atoms in total. The maximum atomic E-state index is 13.8. The smallest absolute Gasteiger partial charge is 0.243 e. The molecule has 3 N–H and O–H groups in total. The summed E-state index contributed by atoms with van der Waals surface area (Å²) in [6.07, 6.45) is 0.441. The molecule has 2 fully saturated rings. The van der Waals surface area contributed by atoms with Crippen LogP contribution in [0.3, 0.4) is 0 Å². The number of carbonyl (C=O) groups excluding carboxylic acids is 4. The fourth-order valence-corrected chi connectivity index (χ4v) is 4.88. The van der Waals surface area contributed by atoms with E-state index in [1.807, 2.05) is 48.2 Å². The molecule has 11 heteroatoms. The molecule has 0 aliphatic carbocycles. The van der Waals surface area contributed by atoms with Gasteiger partial charge in [0.1, 0.15) is 23.4 Å². The van der Waals surface area contributed by atoms with E-state index in [1.165, 1.54) is 0 Å². The summed E-state index contributed by atoms with van der Waals surface area (Å²) < 4.78 is 16.0. The molecule has 4 rings (SSSR count). The van der Waals surface area contributed by atoms with Crippen molar-refractivity contribution in [3.05, 3.63) is 65.2 Å². The van der Waals surface area contributed by atoms with Crippen molar-refractivity contribution in [1.29, 1.82) is 0 Å². The first kappa shape index (κ1) is 32.1. The van der Waals surface area contributed by atoms with Crippen molar-refractivity contribution in [2.75, 3.05) is 46.6 Å². The maximum Gasteiger partial charge on any atom is 0.243 e. The molecule has 0 spiro atoms. The van der Waals surface area contributed by atoms with Gasteiger partial charge in [0.15, 0.2) is 5.78 Å². The second kappa shape index (κ2) is 14.6. The first-order chi connectivity index (χ1) is 20.6. The average molecular weight is 595 g/mol. The first-order valence-electron chi connectivity index (χ1n) is 14.6. The number of methoxy groups -OCH3 is 1. The van der Waals surface area contributed by atoms with Crippen LogP contribution in [0, 0.1) is 6.92 Å². The third-order valence-corrected chi connectivity index (χ3v) is 7.77. The highest BCUT2D eigenvalue weighted by Gasteiger charge is 2.50. The van der Waals surface area contributed by atoms with E-state index in [9.17, 15) is 19.2 Å². The van der Waals surface area contributed by atoms with Crippen molar-refractivity contribution in [3.8, 4) is 5.75 Å². The van der Waals surface area contributed by atoms with Gasteiger partial charge >= 0.3 is 0 Å². The zero-order chi connectivity index (χ0) is 31.0. The van der Waals surface area contributed by atoms with Crippen molar-refractivity contribution in [3.63, 3.8) is 0 Å². The zero-order valence-corrected chi connectivity index (χ0v) is 25.3. The molecule has 0 aromatic heterocycles. The lowest BCUT2D eigenvalue weighted by molar-refractivity contribution is -0.134. The summed E-state index contributed by atoms with van der Waals surface area (Å²) in [6, 6.07) is 12.2. The number of Topliss-reactive ketones (excluding diaryl/α,β-unsaturated/α-hetero) is 1. The van der Waals surface area contributed by atoms with E-state index in [4.69, 9.17) is 14.2 Å².